The molecule has 2 heterocycles. The zero-order chi connectivity index (χ0) is 22.7. The summed E-state index contributed by atoms with van der Waals surface area (Å²) in [7, 11) is 1.49. The van der Waals surface area contributed by atoms with E-state index in [9.17, 15) is 19.5 Å². The van der Waals surface area contributed by atoms with Crippen molar-refractivity contribution >= 4 is 23.2 Å². The van der Waals surface area contributed by atoms with Crippen LogP contribution in [0.25, 0.3) is 5.70 Å². The van der Waals surface area contributed by atoms with Gasteiger partial charge in [0.25, 0.3) is 11.1 Å². The normalized spacial score (nSPS) is 13.3. The lowest BCUT2D eigenvalue weighted by Gasteiger charge is -2.21. The SMILES string of the molecule is C=C/C(=C\C=C(C)C)n1nc(Nc2cc(C(=O)O)cn(C)c2=O)c2c(c1=O)CCCC2. The van der Waals surface area contributed by atoms with Crippen LogP contribution in [-0.4, -0.2) is 25.4 Å². The second-order valence-electron chi connectivity index (χ2n) is 7.76. The summed E-state index contributed by atoms with van der Waals surface area (Å²) in [5, 5.41) is 16.9. The maximum atomic E-state index is 13.1. The highest BCUT2D eigenvalue weighted by Crippen LogP contribution is 2.26. The molecule has 2 N–H and O–H groups in total. The number of hydrogen-bond acceptors (Lipinski definition) is 5. The number of carbonyl (C=O) groups is 1. The van der Waals surface area contributed by atoms with Crippen molar-refractivity contribution in [3.63, 3.8) is 0 Å². The average molecular weight is 422 g/mol. The maximum Gasteiger partial charge on any atom is 0.337 e. The van der Waals surface area contributed by atoms with E-state index in [1.807, 2.05) is 19.9 Å². The number of nitrogens with one attached hydrogen (secondary N) is 1. The van der Waals surface area contributed by atoms with Crippen molar-refractivity contribution in [2.24, 2.45) is 7.05 Å². The molecule has 1 aliphatic rings. The van der Waals surface area contributed by atoms with Gasteiger partial charge in [-0.15, -0.1) is 5.10 Å². The van der Waals surface area contributed by atoms with Gasteiger partial charge in [-0.05, 0) is 57.7 Å². The molecule has 162 valence electrons. The van der Waals surface area contributed by atoms with Gasteiger partial charge in [-0.25, -0.2) is 4.79 Å². The lowest BCUT2D eigenvalue weighted by Crippen LogP contribution is -2.30. The third-order valence-corrected chi connectivity index (χ3v) is 5.13. The number of anilines is 2. The van der Waals surface area contributed by atoms with E-state index in [1.165, 1.54) is 28.6 Å². The number of rotatable bonds is 6. The van der Waals surface area contributed by atoms with Gasteiger partial charge in [-0.2, -0.15) is 4.68 Å². The van der Waals surface area contributed by atoms with E-state index in [-0.39, 0.29) is 16.8 Å². The van der Waals surface area contributed by atoms with Crippen LogP contribution in [0.15, 0.2) is 52.2 Å². The molecule has 0 aliphatic heterocycles. The summed E-state index contributed by atoms with van der Waals surface area (Å²) in [6.45, 7) is 7.69. The van der Waals surface area contributed by atoms with Crippen molar-refractivity contribution in [1.29, 1.82) is 0 Å². The van der Waals surface area contributed by atoms with Crippen molar-refractivity contribution in [3.8, 4) is 0 Å². The van der Waals surface area contributed by atoms with Gasteiger partial charge in [-0.1, -0.05) is 18.2 Å². The van der Waals surface area contributed by atoms with Crippen molar-refractivity contribution in [3.05, 3.63) is 80.0 Å². The molecule has 0 atom stereocenters. The summed E-state index contributed by atoms with van der Waals surface area (Å²) in [6, 6.07) is 1.28. The molecule has 2 aromatic heterocycles. The maximum absolute atomic E-state index is 13.1. The van der Waals surface area contributed by atoms with Crippen LogP contribution in [0.1, 0.15) is 48.2 Å². The fraction of sp³-hybridized carbons (Fsp3) is 0.304. The third-order valence-electron chi connectivity index (χ3n) is 5.13. The van der Waals surface area contributed by atoms with Gasteiger partial charge < -0.3 is 15.0 Å². The first-order chi connectivity index (χ1) is 14.7. The van der Waals surface area contributed by atoms with E-state index in [0.717, 1.165) is 24.0 Å². The fourth-order valence-electron chi connectivity index (χ4n) is 3.53. The topological polar surface area (TPSA) is 106 Å². The van der Waals surface area contributed by atoms with E-state index in [2.05, 4.69) is 17.0 Å². The lowest BCUT2D eigenvalue weighted by atomic mass is 9.93. The number of carboxylic acids is 1. The van der Waals surface area contributed by atoms with Crippen LogP contribution < -0.4 is 16.4 Å². The standard InChI is InChI=1S/C23H26N4O4/c1-5-16(11-10-14(2)3)27-21(28)18-9-7-6-8-17(18)20(25-27)24-19-12-15(23(30)31)13-26(4)22(19)29/h5,10-13H,1,6-9H2,2-4H3,(H,24,25)(H,30,31)/b16-11+. The number of aryl methyl sites for hydroxylation is 1. The first kappa shape index (κ1) is 22.0. The summed E-state index contributed by atoms with van der Waals surface area (Å²) in [4.78, 5) is 37.2. The van der Waals surface area contributed by atoms with Crippen LogP contribution in [0, 0.1) is 0 Å². The van der Waals surface area contributed by atoms with Crippen molar-refractivity contribution in [2.45, 2.75) is 39.5 Å². The molecule has 0 fully saturated rings. The molecule has 0 spiro atoms. The molecule has 3 rings (SSSR count). The van der Waals surface area contributed by atoms with Gasteiger partial charge in [-0.3, -0.25) is 9.59 Å². The molecule has 0 amide bonds. The summed E-state index contributed by atoms with van der Waals surface area (Å²) in [5.41, 5.74) is 2.44. The molecule has 2 aromatic rings. The highest BCUT2D eigenvalue weighted by Gasteiger charge is 2.22. The Labute approximate surface area is 179 Å². The molecule has 1 aliphatic carbocycles. The molecule has 0 radical (unpaired) electrons. The Balaban J connectivity index is 2.22. The van der Waals surface area contributed by atoms with Crippen molar-refractivity contribution < 1.29 is 9.90 Å². The number of pyridine rings is 1. The molecule has 0 saturated carbocycles. The number of aromatic carboxylic acids is 1. The summed E-state index contributed by atoms with van der Waals surface area (Å²) in [5.74, 6) is -0.768. The summed E-state index contributed by atoms with van der Waals surface area (Å²) < 4.78 is 2.49. The van der Waals surface area contributed by atoms with Gasteiger partial charge in [0, 0.05) is 24.4 Å². The predicted molar refractivity (Wildman–Crippen MR) is 121 cm³/mol. The van der Waals surface area contributed by atoms with E-state index in [4.69, 9.17) is 0 Å². The van der Waals surface area contributed by atoms with E-state index >= 15 is 0 Å². The van der Waals surface area contributed by atoms with Crippen LogP contribution >= 0.6 is 0 Å². The number of carboxylic acid groups (broad SMARTS) is 1. The Bertz CT molecular complexity index is 1230. The minimum Gasteiger partial charge on any atom is -0.478 e. The van der Waals surface area contributed by atoms with Crippen molar-refractivity contribution in [1.82, 2.24) is 14.3 Å². The molecule has 8 nitrogen and oxygen atoms in total. The largest absolute Gasteiger partial charge is 0.478 e. The van der Waals surface area contributed by atoms with Crippen LogP contribution in [0.3, 0.4) is 0 Å². The minimum absolute atomic E-state index is 0.0259. The van der Waals surface area contributed by atoms with Gasteiger partial charge in [0.15, 0.2) is 5.82 Å². The van der Waals surface area contributed by atoms with Gasteiger partial charge in [0.05, 0.1) is 11.3 Å². The number of fused-ring (bicyclic) bond motifs is 1. The van der Waals surface area contributed by atoms with E-state index < -0.39 is 11.5 Å². The quantitative estimate of drug-likeness (QED) is 0.692. The molecular weight excluding hydrogens is 396 g/mol. The first-order valence-corrected chi connectivity index (χ1v) is 10.1. The molecule has 0 unspecified atom stereocenters. The molecule has 0 aromatic carbocycles. The zero-order valence-electron chi connectivity index (χ0n) is 17.9. The van der Waals surface area contributed by atoms with Gasteiger partial charge >= 0.3 is 5.97 Å². The number of allylic oxidation sites excluding steroid dienone is 5. The Kier molecular flexibility index (Phi) is 6.39. The van der Waals surface area contributed by atoms with Crippen LogP contribution in [0.5, 0.6) is 0 Å². The number of nitrogens with zero attached hydrogens (tertiary/aromatic N) is 3. The zero-order valence-corrected chi connectivity index (χ0v) is 17.9. The lowest BCUT2D eigenvalue weighted by molar-refractivity contribution is 0.0696. The number of aromatic nitrogens is 3. The van der Waals surface area contributed by atoms with E-state index in [0.29, 0.717) is 29.9 Å². The Hall–Kier alpha value is -3.68. The summed E-state index contributed by atoms with van der Waals surface area (Å²) >= 11 is 0. The van der Waals surface area contributed by atoms with E-state index in [1.54, 1.807) is 12.2 Å². The van der Waals surface area contributed by atoms with Crippen molar-refractivity contribution in [2.75, 3.05) is 5.32 Å². The van der Waals surface area contributed by atoms with Crippen LogP contribution in [-0.2, 0) is 19.9 Å². The van der Waals surface area contributed by atoms with Gasteiger partial charge in [0.2, 0.25) is 0 Å². The minimum atomic E-state index is -1.14. The molecule has 0 bridgehead atoms. The molecular formula is C23H26N4O4. The second-order valence-corrected chi connectivity index (χ2v) is 7.76. The van der Waals surface area contributed by atoms with Gasteiger partial charge in [0.1, 0.15) is 5.69 Å². The van der Waals surface area contributed by atoms with Crippen LogP contribution in [0.2, 0.25) is 0 Å². The Morgan fingerprint density at radius 1 is 1.16 bits per heavy atom. The third kappa shape index (κ3) is 4.58. The Morgan fingerprint density at radius 2 is 1.84 bits per heavy atom. The highest BCUT2D eigenvalue weighted by molar-refractivity contribution is 5.88. The fourth-order valence-corrected chi connectivity index (χ4v) is 3.53. The number of hydrogen-bond donors (Lipinski definition) is 2. The first-order valence-electron chi connectivity index (χ1n) is 10.1. The predicted octanol–water partition coefficient (Wildman–Crippen LogP) is 3.26. The monoisotopic (exact) mass is 422 g/mol. The second kappa shape index (κ2) is 8.99. The van der Waals surface area contributed by atoms with Crippen LogP contribution in [0.4, 0.5) is 11.5 Å². The average Bonchev–Trinajstić information content (AvgIpc) is 2.74. The summed E-state index contributed by atoms with van der Waals surface area (Å²) in [6.07, 6.45) is 9.51. The molecule has 0 saturated heterocycles. The molecule has 8 heteroatoms. The molecule has 31 heavy (non-hydrogen) atoms. The highest BCUT2D eigenvalue weighted by atomic mass is 16.4. The smallest absolute Gasteiger partial charge is 0.337 e. The Morgan fingerprint density at radius 3 is 2.45 bits per heavy atom.